The second-order valence-electron chi connectivity index (χ2n) is 4.18. The first-order valence-electron chi connectivity index (χ1n) is 6.30. The molecule has 0 spiro atoms. The third-order valence-electron chi connectivity index (χ3n) is 2.84. The van der Waals surface area contributed by atoms with Crippen molar-refractivity contribution < 1.29 is 9.47 Å². The Kier molecular flexibility index (Phi) is 4.42. The Morgan fingerprint density at radius 3 is 2.94 bits per heavy atom. The van der Waals surface area contributed by atoms with Gasteiger partial charge in [-0.25, -0.2) is 4.98 Å². The molecule has 0 bridgehead atoms. The van der Waals surface area contributed by atoms with Crippen LogP contribution in [-0.4, -0.2) is 17.7 Å². The van der Waals surface area contributed by atoms with Crippen molar-refractivity contribution in [3.63, 3.8) is 0 Å². The molecule has 0 aromatic carbocycles. The lowest BCUT2D eigenvalue weighted by molar-refractivity contribution is 0.201. The molecule has 2 rings (SSSR count). The van der Waals surface area contributed by atoms with E-state index >= 15 is 0 Å². The van der Waals surface area contributed by atoms with E-state index in [1.54, 1.807) is 6.26 Å². The second-order valence-corrected chi connectivity index (χ2v) is 4.18. The molecule has 0 radical (unpaired) electrons. The first-order chi connectivity index (χ1) is 8.38. The highest BCUT2D eigenvalue weighted by Crippen LogP contribution is 2.23. The zero-order valence-corrected chi connectivity index (χ0v) is 10.3. The molecule has 17 heavy (non-hydrogen) atoms. The van der Waals surface area contributed by atoms with Crippen LogP contribution in [0, 0.1) is 0 Å². The monoisotopic (exact) mass is 233 g/mol. The highest BCUT2D eigenvalue weighted by molar-refractivity contribution is 5.43. The molecular weight excluding hydrogens is 214 g/mol. The Morgan fingerprint density at radius 1 is 1.35 bits per heavy atom. The van der Waals surface area contributed by atoms with Crippen molar-refractivity contribution in [1.29, 1.82) is 0 Å². The summed E-state index contributed by atoms with van der Waals surface area (Å²) in [5.41, 5.74) is 0.869. The number of rotatable bonds is 5. The van der Waals surface area contributed by atoms with Crippen LogP contribution in [-0.2, 0) is 4.74 Å². The van der Waals surface area contributed by atoms with Gasteiger partial charge in [0.1, 0.15) is 6.10 Å². The van der Waals surface area contributed by atoms with Crippen LogP contribution >= 0.6 is 0 Å². The van der Waals surface area contributed by atoms with Gasteiger partial charge in [-0.2, -0.15) is 0 Å². The van der Waals surface area contributed by atoms with Crippen LogP contribution < -0.4 is 4.74 Å². The lowest BCUT2D eigenvalue weighted by atomic mass is 10.3. The van der Waals surface area contributed by atoms with Crippen LogP contribution in [0.3, 0.4) is 0 Å². The molecule has 1 aliphatic rings. The Bertz CT molecular complexity index is 370. The molecule has 0 amide bonds. The number of nitrogens with zero attached hydrogens (tertiary/aromatic N) is 1. The Hall–Kier alpha value is -1.51. The van der Waals surface area contributed by atoms with Gasteiger partial charge in [0.25, 0.3) is 0 Å². The first kappa shape index (κ1) is 12.0. The molecule has 0 saturated heterocycles. The van der Waals surface area contributed by atoms with Gasteiger partial charge in [0.2, 0.25) is 5.88 Å². The van der Waals surface area contributed by atoms with E-state index in [1.807, 2.05) is 31.2 Å². The summed E-state index contributed by atoms with van der Waals surface area (Å²) < 4.78 is 11.0. The van der Waals surface area contributed by atoms with Gasteiger partial charge in [-0.1, -0.05) is 6.07 Å². The van der Waals surface area contributed by atoms with Crippen LogP contribution in [0.1, 0.15) is 38.3 Å². The number of pyridine rings is 1. The summed E-state index contributed by atoms with van der Waals surface area (Å²) in [5.74, 6) is 0.718. The van der Waals surface area contributed by atoms with Crippen LogP contribution in [0.2, 0.25) is 0 Å². The Balaban J connectivity index is 1.95. The van der Waals surface area contributed by atoms with Gasteiger partial charge in [0, 0.05) is 6.07 Å². The van der Waals surface area contributed by atoms with E-state index in [0.717, 1.165) is 24.4 Å². The van der Waals surface area contributed by atoms with Crippen LogP contribution in [0.15, 0.2) is 24.5 Å². The summed E-state index contributed by atoms with van der Waals surface area (Å²) >= 11 is 0. The third-order valence-corrected chi connectivity index (χ3v) is 2.84. The maximum atomic E-state index is 5.84. The first-order valence-corrected chi connectivity index (χ1v) is 6.30. The zero-order chi connectivity index (χ0) is 11.9. The molecule has 1 saturated carbocycles. The highest BCUT2D eigenvalue weighted by Gasteiger charge is 2.16. The molecule has 92 valence electrons. The normalized spacial score (nSPS) is 16.5. The minimum absolute atomic E-state index is 0.355. The molecule has 1 fully saturated rings. The zero-order valence-electron chi connectivity index (χ0n) is 10.3. The average molecular weight is 233 g/mol. The third kappa shape index (κ3) is 3.77. The molecule has 0 N–H and O–H groups in total. The molecule has 0 unspecified atom stereocenters. The van der Waals surface area contributed by atoms with E-state index in [0.29, 0.717) is 12.7 Å². The van der Waals surface area contributed by atoms with Crippen LogP contribution in [0.25, 0.3) is 6.08 Å². The summed E-state index contributed by atoms with van der Waals surface area (Å²) in [4.78, 5) is 4.42. The molecule has 1 aromatic heterocycles. The van der Waals surface area contributed by atoms with E-state index in [1.165, 1.54) is 12.8 Å². The molecule has 1 aromatic rings. The van der Waals surface area contributed by atoms with Gasteiger partial charge < -0.3 is 9.47 Å². The van der Waals surface area contributed by atoms with Gasteiger partial charge in [-0.05, 0) is 44.7 Å². The molecular formula is C14H19NO2. The van der Waals surface area contributed by atoms with Crippen molar-refractivity contribution in [3.8, 4) is 5.88 Å². The Morgan fingerprint density at radius 2 is 2.18 bits per heavy atom. The van der Waals surface area contributed by atoms with Crippen molar-refractivity contribution in [2.24, 2.45) is 0 Å². The van der Waals surface area contributed by atoms with Crippen LogP contribution in [0.4, 0.5) is 0 Å². The van der Waals surface area contributed by atoms with Gasteiger partial charge in [-0.15, -0.1) is 0 Å². The van der Waals surface area contributed by atoms with E-state index in [-0.39, 0.29) is 0 Å². The van der Waals surface area contributed by atoms with Crippen molar-refractivity contribution in [2.75, 3.05) is 6.61 Å². The van der Waals surface area contributed by atoms with E-state index in [4.69, 9.17) is 9.47 Å². The standard InChI is InChI=1S/C14H19NO2/c1-2-16-11-10-12-6-5-9-14(15-12)17-13-7-3-4-8-13/h5-6,9-11,13H,2-4,7-8H2,1H3/b11-10+. The second kappa shape index (κ2) is 6.28. The predicted molar refractivity (Wildman–Crippen MR) is 67.8 cm³/mol. The lowest BCUT2D eigenvalue weighted by Gasteiger charge is -2.11. The number of aromatic nitrogens is 1. The molecule has 1 heterocycles. The summed E-state index contributed by atoms with van der Waals surface area (Å²) in [6.07, 6.45) is 8.73. The maximum absolute atomic E-state index is 5.84. The van der Waals surface area contributed by atoms with Gasteiger partial charge in [0.05, 0.1) is 18.6 Å². The minimum Gasteiger partial charge on any atom is -0.501 e. The van der Waals surface area contributed by atoms with E-state index in [9.17, 15) is 0 Å². The number of hydrogen-bond acceptors (Lipinski definition) is 3. The Labute approximate surface area is 102 Å². The number of ether oxygens (including phenoxy) is 2. The molecule has 1 aliphatic carbocycles. The quantitative estimate of drug-likeness (QED) is 0.730. The fourth-order valence-electron chi connectivity index (χ4n) is 1.98. The predicted octanol–water partition coefficient (Wildman–Crippen LogP) is 3.41. The minimum atomic E-state index is 0.355. The topological polar surface area (TPSA) is 31.4 Å². The smallest absolute Gasteiger partial charge is 0.214 e. The molecule has 0 atom stereocenters. The lowest BCUT2D eigenvalue weighted by Crippen LogP contribution is -2.11. The summed E-state index contributed by atoms with van der Waals surface area (Å²) in [7, 11) is 0. The fraction of sp³-hybridized carbons (Fsp3) is 0.500. The van der Waals surface area contributed by atoms with Crippen molar-refractivity contribution in [2.45, 2.75) is 38.7 Å². The largest absolute Gasteiger partial charge is 0.501 e. The van der Waals surface area contributed by atoms with Crippen molar-refractivity contribution in [1.82, 2.24) is 4.98 Å². The van der Waals surface area contributed by atoms with Gasteiger partial charge >= 0.3 is 0 Å². The maximum Gasteiger partial charge on any atom is 0.214 e. The molecule has 3 heteroatoms. The van der Waals surface area contributed by atoms with Gasteiger partial charge in [-0.3, -0.25) is 0 Å². The van der Waals surface area contributed by atoms with Crippen molar-refractivity contribution in [3.05, 3.63) is 30.2 Å². The highest BCUT2D eigenvalue weighted by atomic mass is 16.5. The van der Waals surface area contributed by atoms with Crippen LogP contribution in [0.5, 0.6) is 5.88 Å². The fourth-order valence-corrected chi connectivity index (χ4v) is 1.98. The average Bonchev–Trinajstić information content (AvgIpc) is 2.83. The SMILES string of the molecule is CCO/C=C/c1cccc(OC2CCCC2)n1. The molecule has 0 aliphatic heterocycles. The summed E-state index contributed by atoms with van der Waals surface area (Å²) in [5, 5.41) is 0. The number of hydrogen-bond donors (Lipinski definition) is 0. The van der Waals surface area contributed by atoms with Gasteiger partial charge in [0.15, 0.2) is 0 Å². The summed E-state index contributed by atoms with van der Waals surface area (Å²) in [6.45, 7) is 2.63. The van der Waals surface area contributed by atoms with E-state index < -0.39 is 0 Å². The summed E-state index contributed by atoms with van der Waals surface area (Å²) in [6, 6.07) is 5.82. The molecule has 3 nitrogen and oxygen atoms in total. The van der Waals surface area contributed by atoms with E-state index in [2.05, 4.69) is 4.98 Å². The van der Waals surface area contributed by atoms with Crippen molar-refractivity contribution >= 4 is 6.08 Å².